The van der Waals surface area contributed by atoms with Gasteiger partial charge in [-0.3, -0.25) is 0 Å². The van der Waals surface area contributed by atoms with Gasteiger partial charge in [0.1, 0.15) is 5.75 Å². The Kier molecular flexibility index (Phi) is 4.84. The molecule has 2 nitrogen and oxygen atoms in total. The van der Waals surface area contributed by atoms with Crippen molar-refractivity contribution in [1.82, 2.24) is 5.32 Å². The Bertz CT molecular complexity index is 369. The molecule has 17 heavy (non-hydrogen) atoms. The first-order valence-electron chi connectivity index (χ1n) is 5.98. The molecule has 0 aliphatic heterocycles. The van der Waals surface area contributed by atoms with Crippen LogP contribution >= 0.6 is 11.6 Å². The van der Waals surface area contributed by atoms with Crippen LogP contribution in [0.1, 0.15) is 40.2 Å². The van der Waals surface area contributed by atoms with Crippen molar-refractivity contribution >= 4 is 11.6 Å². The van der Waals surface area contributed by atoms with Crippen molar-refractivity contribution in [3.8, 4) is 5.75 Å². The van der Waals surface area contributed by atoms with E-state index in [2.05, 4.69) is 26.1 Å². The summed E-state index contributed by atoms with van der Waals surface area (Å²) < 4.78 is 5.77. The molecule has 1 N–H and O–H groups in total. The fraction of sp³-hybridized carbons (Fsp3) is 0.571. The Morgan fingerprint density at radius 1 is 1.29 bits per heavy atom. The second kappa shape index (κ2) is 5.74. The van der Waals surface area contributed by atoms with Crippen molar-refractivity contribution in [1.29, 1.82) is 0 Å². The maximum atomic E-state index is 6.17. The third kappa shape index (κ3) is 4.97. The van der Waals surface area contributed by atoms with Gasteiger partial charge in [0.05, 0.1) is 11.1 Å². The van der Waals surface area contributed by atoms with E-state index in [1.807, 2.05) is 32.0 Å². The summed E-state index contributed by atoms with van der Waals surface area (Å²) in [5, 5.41) is 4.11. The maximum Gasteiger partial charge on any atom is 0.142 e. The van der Waals surface area contributed by atoms with Crippen LogP contribution in [0.4, 0.5) is 0 Å². The molecule has 1 aromatic rings. The molecule has 0 bridgehead atoms. The number of halogens is 1. The Balaban J connectivity index is 2.87. The van der Waals surface area contributed by atoms with Gasteiger partial charge in [0.25, 0.3) is 0 Å². The highest BCUT2D eigenvalue weighted by Gasteiger charge is 2.13. The minimum atomic E-state index is 0.0808. The third-order valence-electron chi connectivity index (χ3n) is 2.21. The minimum absolute atomic E-state index is 0.0808. The van der Waals surface area contributed by atoms with Gasteiger partial charge >= 0.3 is 0 Å². The van der Waals surface area contributed by atoms with E-state index < -0.39 is 0 Å². The number of nitrogens with one attached hydrogen (secondary N) is 1. The van der Waals surface area contributed by atoms with Crippen molar-refractivity contribution in [2.45, 2.75) is 52.8 Å². The average Bonchev–Trinajstić information content (AvgIpc) is 2.17. The standard InChI is InChI=1S/C14H22ClNO/c1-10(2)17-13-11(7-6-8-12(13)15)9-16-14(3,4)5/h6-8,10,16H,9H2,1-5H3. The molecule has 0 aliphatic rings. The second-order valence-corrected chi connectivity index (χ2v) is 5.91. The van der Waals surface area contributed by atoms with E-state index in [1.54, 1.807) is 0 Å². The second-order valence-electron chi connectivity index (χ2n) is 5.50. The molecule has 0 amide bonds. The van der Waals surface area contributed by atoms with Gasteiger partial charge in [-0.15, -0.1) is 0 Å². The molecular formula is C14H22ClNO. The number of benzene rings is 1. The molecule has 0 heterocycles. The van der Waals surface area contributed by atoms with E-state index in [-0.39, 0.29) is 11.6 Å². The number of rotatable bonds is 4. The van der Waals surface area contributed by atoms with Crippen LogP contribution in [0.3, 0.4) is 0 Å². The van der Waals surface area contributed by atoms with E-state index in [0.29, 0.717) is 5.02 Å². The van der Waals surface area contributed by atoms with E-state index in [4.69, 9.17) is 16.3 Å². The fourth-order valence-electron chi connectivity index (χ4n) is 1.42. The van der Waals surface area contributed by atoms with Crippen LogP contribution < -0.4 is 10.1 Å². The smallest absolute Gasteiger partial charge is 0.142 e. The van der Waals surface area contributed by atoms with E-state index >= 15 is 0 Å². The van der Waals surface area contributed by atoms with Gasteiger partial charge in [0, 0.05) is 17.6 Å². The maximum absolute atomic E-state index is 6.17. The monoisotopic (exact) mass is 255 g/mol. The summed E-state index contributed by atoms with van der Waals surface area (Å²) >= 11 is 6.17. The van der Waals surface area contributed by atoms with Gasteiger partial charge in [-0.1, -0.05) is 23.7 Å². The lowest BCUT2D eigenvalue weighted by Gasteiger charge is -2.22. The summed E-state index contributed by atoms with van der Waals surface area (Å²) in [7, 11) is 0. The number of para-hydroxylation sites is 1. The van der Waals surface area contributed by atoms with Gasteiger partial charge in [-0.25, -0.2) is 0 Å². The molecule has 1 aromatic carbocycles. The van der Waals surface area contributed by atoms with Crippen LogP contribution in [0.5, 0.6) is 5.75 Å². The highest BCUT2D eigenvalue weighted by molar-refractivity contribution is 6.32. The van der Waals surface area contributed by atoms with Crippen molar-refractivity contribution in [3.05, 3.63) is 28.8 Å². The molecule has 96 valence electrons. The highest BCUT2D eigenvalue weighted by atomic mass is 35.5. The normalized spacial score (nSPS) is 11.9. The summed E-state index contributed by atoms with van der Waals surface area (Å²) in [6.07, 6.45) is 0.128. The van der Waals surface area contributed by atoms with Gasteiger partial charge < -0.3 is 10.1 Å². The minimum Gasteiger partial charge on any atom is -0.489 e. The van der Waals surface area contributed by atoms with Crippen molar-refractivity contribution < 1.29 is 4.74 Å². The number of hydrogen-bond acceptors (Lipinski definition) is 2. The van der Waals surface area contributed by atoms with Gasteiger partial charge in [-0.05, 0) is 40.7 Å². The lowest BCUT2D eigenvalue weighted by atomic mass is 10.1. The molecule has 0 atom stereocenters. The Labute approximate surface area is 109 Å². The van der Waals surface area contributed by atoms with E-state index in [1.165, 1.54) is 0 Å². The SMILES string of the molecule is CC(C)Oc1c(Cl)cccc1CNC(C)(C)C. The summed E-state index contributed by atoms with van der Waals surface area (Å²) in [6, 6.07) is 5.86. The summed E-state index contributed by atoms with van der Waals surface area (Å²) in [5.41, 5.74) is 1.18. The zero-order valence-corrected chi connectivity index (χ0v) is 12.1. The average molecular weight is 256 g/mol. The molecule has 0 aliphatic carbocycles. The Morgan fingerprint density at radius 2 is 1.94 bits per heavy atom. The van der Waals surface area contributed by atoms with Gasteiger partial charge in [0.2, 0.25) is 0 Å². The highest BCUT2D eigenvalue weighted by Crippen LogP contribution is 2.29. The fourth-order valence-corrected chi connectivity index (χ4v) is 1.66. The number of ether oxygens (including phenoxy) is 1. The summed E-state index contributed by atoms with van der Waals surface area (Å²) in [5.74, 6) is 0.793. The number of hydrogen-bond donors (Lipinski definition) is 1. The zero-order valence-electron chi connectivity index (χ0n) is 11.3. The van der Waals surface area contributed by atoms with Crippen LogP contribution in [0, 0.1) is 0 Å². The van der Waals surface area contributed by atoms with Gasteiger partial charge in [-0.2, -0.15) is 0 Å². The third-order valence-corrected chi connectivity index (χ3v) is 2.51. The van der Waals surface area contributed by atoms with Crippen molar-refractivity contribution in [2.24, 2.45) is 0 Å². The first-order valence-corrected chi connectivity index (χ1v) is 6.36. The molecule has 0 aromatic heterocycles. The van der Waals surface area contributed by atoms with Crippen LogP contribution in [-0.4, -0.2) is 11.6 Å². The Morgan fingerprint density at radius 3 is 2.47 bits per heavy atom. The molecule has 0 radical (unpaired) electrons. The van der Waals surface area contributed by atoms with Crippen LogP contribution in [-0.2, 0) is 6.54 Å². The molecule has 0 fully saturated rings. The predicted octanol–water partition coefficient (Wildman–Crippen LogP) is 4.02. The molecule has 0 saturated carbocycles. The van der Waals surface area contributed by atoms with E-state index in [9.17, 15) is 0 Å². The lowest BCUT2D eigenvalue weighted by molar-refractivity contribution is 0.239. The van der Waals surface area contributed by atoms with Crippen LogP contribution in [0.25, 0.3) is 0 Å². The zero-order chi connectivity index (χ0) is 13.1. The largest absolute Gasteiger partial charge is 0.489 e. The lowest BCUT2D eigenvalue weighted by Crippen LogP contribution is -2.35. The molecule has 0 spiro atoms. The summed E-state index contributed by atoms with van der Waals surface area (Å²) in [4.78, 5) is 0. The molecular weight excluding hydrogens is 234 g/mol. The van der Waals surface area contributed by atoms with Crippen LogP contribution in [0.2, 0.25) is 5.02 Å². The molecule has 3 heteroatoms. The van der Waals surface area contributed by atoms with Gasteiger partial charge in [0.15, 0.2) is 0 Å². The quantitative estimate of drug-likeness (QED) is 0.878. The molecule has 1 rings (SSSR count). The van der Waals surface area contributed by atoms with Crippen molar-refractivity contribution in [3.63, 3.8) is 0 Å². The Hall–Kier alpha value is -0.730. The topological polar surface area (TPSA) is 21.3 Å². The summed E-state index contributed by atoms with van der Waals surface area (Å²) in [6.45, 7) is 11.2. The van der Waals surface area contributed by atoms with Crippen molar-refractivity contribution in [2.75, 3.05) is 0 Å². The van der Waals surface area contributed by atoms with Crippen LogP contribution in [0.15, 0.2) is 18.2 Å². The molecule has 0 unspecified atom stereocenters. The predicted molar refractivity (Wildman–Crippen MR) is 73.8 cm³/mol. The van der Waals surface area contributed by atoms with E-state index in [0.717, 1.165) is 17.9 Å². The first-order chi connectivity index (χ1) is 7.79. The first kappa shape index (κ1) is 14.3. The molecule has 0 saturated heterocycles.